The van der Waals surface area contributed by atoms with Gasteiger partial charge in [0.15, 0.2) is 0 Å². The van der Waals surface area contributed by atoms with Gasteiger partial charge in [0.25, 0.3) is 0 Å². The van der Waals surface area contributed by atoms with E-state index in [4.69, 9.17) is 0 Å². The number of allylic oxidation sites excluding steroid dienone is 2. The number of hydrogen-bond donors (Lipinski definition) is 0. The average Bonchev–Trinajstić information content (AvgIpc) is 2.26. The molecule has 0 spiro atoms. The largest absolute Gasteiger partial charge is 0.314 e. The summed E-state index contributed by atoms with van der Waals surface area (Å²) >= 11 is 0. The predicted molar refractivity (Wildman–Crippen MR) is 72.4 cm³/mol. The Morgan fingerprint density at radius 2 is 1.27 bits per heavy atom. The van der Waals surface area contributed by atoms with Gasteiger partial charge in [-0.3, -0.25) is 0 Å². The van der Waals surface area contributed by atoms with E-state index in [0.717, 1.165) is 25.2 Å². The van der Waals surface area contributed by atoms with Gasteiger partial charge in [0.05, 0.1) is 0 Å². The predicted octanol–water partition coefficient (Wildman–Crippen LogP) is 2.70. The third kappa shape index (κ3) is 3.29. The Bertz CT molecular complexity index is 182. The molecule has 0 aliphatic carbocycles. The lowest BCUT2D eigenvalue weighted by Crippen LogP contribution is -2.62. The summed E-state index contributed by atoms with van der Waals surface area (Å²) < 4.78 is 5.03. The molecule has 0 amide bonds. The Kier molecular flexibility index (Phi) is 6.81. The van der Waals surface area contributed by atoms with Crippen molar-refractivity contribution in [2.24, 2.45) is 0 Å². The van der Waals surface area contributed by atoms with Crippen molar-refractivity contribution in [1.29, 1.82) is 0 Å². The van der Waals surface area contributed by atoms with Gasteiger partial charge in [-0.05, 0) is 39.3 Å². The topological polar surface area (TPSA) is 6.48 Å². The summed E-state index contributed by atoms with van der Waals surface area (Å²) in [4.78, 5) is 0. The molecule has 0 bridgehead atoms. The average molecular weight is 226 g/mol. The fraction of sp³-hybridized carbons (Fsp3) is 0.667. The van der Waals surface area contributed by atoms with Crippen LogP contribution >= 0.6 is 0 Å². The van der Waals surface area contributed by atoms with Crippen molar-refractivity contribution in [3.8, 4) is 0 Å². The summed E-state index contributed by atoms with van der Waals surface area (Å²) in [6.07, 6.45) is 4.13. The number of nitrogens with zero attached hydrogens (tertiary/aromatic N) is 2. The fourth-order valence-electron chi connectivity index (χ4n) is 2.05. The first-order chi connectivity index (χ1) is 7.08. The van der Waals surface area contributed by atoms with Crippen LogP contribution in [0, 0.1) is 0 Å². The SMILES string of the molecule is C=CC[Si](CC=C)(N(C)CC)N(C)CC. The Morgan fingerprint density at radius 1 is 0.933 bits per heavy atom. The zero-order chi connectivity index (χ0) is 11.9. The lowest BCUT2D eigenvalue weighted by atomic mass is 10.7. The summed E-state index contributed by atoms with van der Waals surface area (Å²) in [7, 11) is 2.88. The van der Waals surface area contributed by atoms with Gasteiger partial charge in [-0.1, -0.05) is 26.0 Å². The van der Waals surface area contributed by atoms with Crippen molar-refractivity contribution < 1.29 is 0 Å². The van der Waals surface area contributed by atoms with Gasteiger partial charge < -0.3 is 9.13 Å². The molecule has 15 heavy (non-hydrogen) atoms. The summed E-state index contributed by atoms with van der Waals surface area (Å²) in [5.41, 5.74) is 0. The van der Waals surface area contributed by atoms with Crippen LogP contribution in [0.25, 0.3) is 0 Å². The van der Waals surface area contributed by atoms with E-state index in [9.17, 15) is 0 Å². The van der Waals surface area contributed by atoms with Crippen molar-refractivity contribution in [1.82, 2.24) is 9.13 Å². The van der Waals surface area contributed by atoms with E-state index in [1.165, 1.54) is 0 Å². The Labute approximate surface area is 96.4 Å². The first kappa shape index (κ1) is 14.6. The number of rotatable bonds is 8. The molecule has 0 aliphatic rings. The molecular formula is C12H26N2Si. The van der Waals surface area contributed by atoms with Crippen LogP contribution in [0.15, 0.2) is 25.3 Å². The second kappa shape index (κ2) is 6.98. The van der Waals surface area contributed by atoms with Crippen LogP contribution in [-0.2, 0) is 0 Å². The molecule has 0 fully saturated rings. The first-order valence-corrected chi connectivity index (χ1v) is 8.04. The van der Waals surface area contributed by atoms with E-state index in [-0.39, 0.29) is 0 Å². The lowest BCUT2D eigenvalue weighted by molar-refractivity contribution is 0.413. The van der Waals surface area contributed by atoms with Crippen LogP contribution in [-0.4, -0.2) is 44.7 Å². The molecule has 3 heteroatoms. The molecule has 0 aromatic rings. The third-order valence-electron chi connectivity index (χ3n) is 3.31. The summed E-state index contributed by atoms with van der Waals surface area (Å²) in [6.45, 7) is 14.4. The normalized spacial score (nSPS) is 12.1. The van der Waals surface area contributed by atoms with E-state index < -0.39 is 8.40 Å². The molecule has 0 N–H and O–H groups in total. The van der Waals surface area contributed by atoms with Gasteiger partial charge in [0.2, 0.25) is 8.40 Å². The quantitative estimate of drug-likeness (QED) is 0.464. The second-order valence-corrected chi connectivity index (χ2v) is 8.30. The van der Waals surface area contributed by atoms with Crippen LogP contribution in [0.1, 0.15) is 13.8 Å². The van der Waals surface area contributed by atoms with E-state index in [1.54, 1.807) is 0 Å². The summed E-state index contributed by atoms with van der Waals surface area (Å²) in [5, 5.41) is 0. The first-order valence-electron chi connectivity index (χ1n) is 5.73. The zero-order valence-electron chi connectivity index (χ0n) is 10.8. The lowest BCUT2D eigenvalue weighted by Gasteiger charge is -2.44. The molecule has 0 aromatic carbocycles. The highest BCUT2D eigenvalue weighted by molar-refractivity contribution is 6.75. The highest BCUT2D eigenvalue weighted by atomic mass is 28.3. The Morgan fingerprint density at radius 3 is 1.47 bits per heavy atom. The third-order valence-corrected chi connectivity index (χ3v) is 8.67. The van der Waals surface area contributed by atoms with E-state index in [0.29, 0.717) is 0 Å². The van der Waals surface area contributed by atoms with Crippen molar-refractivity contribution in [3.05, 3.63) is 25.3 Å². The minimum atomic E-state index is -1.57. The molecule has 0 unspecified atom stereocenters. The summed E-state index contributed by atoms with van der Waals surface area (Å²) in [5.74, 6) is 0. The minimum Gasteiger partial charge on any atom is -0.314 e. The highest BCUT2D eigenvalue weighted by Crippen LogP contribution is 2.23. The minimum absolute atomic E-state index is 1.10. The zero-order valence-corrected chi connectivity index (χ0v) is 11.8. The number of hydrogen-bond acceptors (Lipinski definition) is 2. The standard InChI is InChI=1S/C12H26N2Si/c1-7-11-15(12-8-2,13(5)9-3)14(6)10-4/h7-8H,1-2,9-12H2,3-6H3. The second-order valence-electron chi connectivity index (χ2n) is 4.00. The smallest absolute Gasteiger partial charge is 0.213 e. The van der Waals surface area contributed by atoms with E-state index in [2.05, 4.69) is 62.4 Å². The molecule has 0 aromatic heterocycles. The molecule has 0 saturated carbocycles. The van der Waals surface area contributed by atoms with Gasteiger partial charge in [0, 0.05) is 0 Å². The Balaban J connectivity index is 5.03. The van der Waals surface area contributed by atoms with Gasteiger partial charge in [0.1, 0.15) is 0 Å². The molecule has 0 aliphatic heterocycles. The molecule has 0 radical (unpaired) electrons. The van der Waals surface area contributed by atoms with Gasteiger partial charge in [-0.2, -0.15) is 0 Å². The molecular weight excluding hydrogens is 200 g/mol. The van der Waals surface area contributed by atoms with Crippen LogP contribution in [0.4, 0.5) is 0 Å². The van der Waals surface area contributed by atoms with Crippen LogP contribution in [0.3, 0.4) is 0 Å². The molecule has 88 valence electrons. The van der Waals surface area contributed by atoms with E-state index >= 15 is 0 Å². The van der Waals surface area contributed by atoms with Crippen LogP contribution < -0.4 is 0 Å². The van der Waals surface area contributed by atoms with Crippen molar-refractivity contribution in [2.45, 2.75) is 25.9 Å². The van der Waals surface area contributed by atoms with Gasteiger partial charge >= 0.3 is 0 Å². The van der Waals surface area contributed by atoms with Gasteiger partial charge in [-0.15, -0.1) is 13.2 Å². The highest BCUT2D eigenvalue weighted by Gasteiger charge is 2.38. The monoisotopic (exact) mass is 226 g/mol. The maximum absolute atomic E-state index is 3.91. The molecule has 0 atom stereocenters. The Hall–Kier alpha value is -0.383. The summed E-state index contributed by atoms with van der Waals surface area (Å²) in [6, 6.07) is 2.21. The van der Waals surface area contributed by atoms with Crippen LogP contribution in [0.5, 0.6) is 0 Å². The molecule has 0 rings (SSSR count). The maximum Gasteiger partial charge on any atom is 0.213 e. The van der Waals surface area contributed by atoms with Crippen molar-refractivity contribution in [3.63, 3.8) is 0 Å². The van der Waals surface area contributed by atoms with Crippen molar-refractivity contribution in [2.75, 3.05) is 27.2 Å². The maximum atomic E-state index is 3.91. The van der Waals surface area contributed by atoms with Crippen molar-refractivity contribution >= 4 is 8.40 Å². The fourth-order valence-corrected chi connectivity index (χ4v) is 6.15. The molecule has 2 nitrogen and oxygen atoms in total. The van der Waals surface area contributed by atoms with Crippen LogP contribution in [0.2, 0.25) is 12.1 Å². The molecule has 0 saturated heterocycles. The van der Waals surface area contributed by atoms with Gasteiger partial charge in [-0.25, -0.2) is 0 Å². The molecule has 0 heterocycles. The van der Waals surface area contributed by atoms with E-state index in [1.807, 2.05) is 0 Å².